The third kappa shape index (κ3) is 3.52. The molecule has 7 heteroatoms. The minimum absolute atomic E-state index is 0.0172. The number of carboxylic acids is 1. The Morgan fingerprint density at radius 3 is 2.17 bits per heavy atom. The van der Waals surface area contributed by atoms with Gasteiger partial charge in [0.2, 0.25) is 5.91 Å². The summed E-state index contributed by atoms with van der Waals surface area (Å²) in [6, 6.07) is 3.76. The van der Waals surface area contributed by atoms with Crippen LogP contribution in [0.2, 0.25) is 0 Å². The Balaban J connectivity index is 3.11. The maximum Gasteiger partial charge on any atom is 0.335 e. The van der Waals surface area contributed by atoms with Crippen LogP contribution < -0.4 is 11.5 Å². The van der Waals surface area contributed by atoms with Crippen molar-refractivity contribution >= 4 is 11.9 Å². The Hall–Kier alpha value is -1.96. The van der Waals surface area contributed by atoms with Crippen LogP contribution in [-0.4, -0.2) is 39.5 Å². The molecule has 18 heavy (non-hydrogen) atoms. The second kappa shape index (κ2) is 5.58. The minimum Gasteiger partial charge on any atom is -0.478 e. The van der Waals surface area contributed by atoms with Crippen molar-refractivity contribution < 1.29 is 24.9 Å². The average Bonchev–Trinajstić information content (AvgIpc) is 2.28. The molecular weight excluding hydrogens is 240 g/mol. The van der Waals surface area contributed by atoms with Crippen LogP contribution in [0.4, 0.5) is 0 Å². The van der Waals surface area contributed by atoms with Gasteiger partial charge in [0.25, 0.3) is 0 Å². The molecule has 0 bridgehead atoms. The largest absolute Gasteiger partial charge is 0.478 e. The predicted molar refractivity (Wildman–Crippen MR) is 61.8 cm³/mol. The molecule has 0 aliphatic carbocycles. The van der Waals surface area contributed by atoms with E-state index < -0.39 is 24.2 Å². The highest BCUT2D eigenvalue weighted by molar-refractivity contribution is 5.96. The first-order valence-electron chi connectivity index (χ1n) is 5.10. The number of rotatable bonds is 5. The first-order chi connectivity index (χ1) is 8.31. The number of aromatic carboxylic acids is 1. The number of carboxylic acid groups (broad SMARTS) is 1. The van der Waals surface area contributed by atoms with Crippen LogP contribution in [0.15, 0.2) is 18.2 Å². The lowest BCUT2D eigenvalue weighted by Crippen LogP contribution is -2.35. The molecule has 2 atom stereocenters. The smallest absolute Gasteiger partial charge is 0.335 e. The molecule has 0 fully saturated rings. The fraction of sp³-hybridized carbons (Fsp3) is 0.273. The summed E-state index contributed by atoms with van der Waals surface area (Å²) in [5.74, 6) is -2.00. The van der Waals surface area contributed by atoms with E-state index in [0.29, 0.717) is 5.56 Å². The number of carbonyl (C=O) groups excluding carboxylic acids is 1. The van der Waals surface area contributed by atoms with Gasteiger partial charge in [-0.05, 0) is 23.8 Å². The molecule has 0 saturated carbocycles. The SMILES string of the molecule is NC(=O)c1cc(CC(O)C(N)O)cc(C(=O)O)c1. The number of amides is 1. The van der Waals surface area contributed by atoms with Crippen LogP contribution in [0.25, 0.3) is 0 Å². The number of nitrogens with two attached hydrogens (primary N) is 2. The van der Waals surface area contributed by atoms with E-state index in [-0.39, 0.29) is 17.5 Å². The summed E-state index contributed by atoms with van der Waals surface area (Å²) in [4.78, 5) is 21.9. The molecule has 2 unspecified atom stereocenters. The Morgan fingerprint density at radius 2 is 1.72 bits per heavy atom. The topological polar surface area (TPSA) is 147 Å². The number of hydrogen-bond acceptors (Lipinski definition) is 5. The molecule has 1 aromatic rings. The lowest BCUT2D eigenvalue weighted by atomic mass is 10.0. The first-order valence-corrected chi connectivity index (χ1v) is 5.10. The van der Waals surface area contributed by atoms with Gasteiger partial charge in [0.15, 0.2) is 0 Å². The molecule has 7 nitrogen and oxygen atoms in total. The maximum absolute atomic E-state index is 11.0. The van der Waals surface area contributed by atoms with Crippen molar-refractivity contribution in [2.24, 2.45) is 11.5 Å². The molecule has 1 aromatic carbocycles. The van der Waals surface area contributed by atoms with E-state index >= 15 is 0 Å². The highest BCUT2D eigenvalue weighted by atomic mass is 16.4. The van der Waals surface area contributed by atoms with Crippen molar-refractivity contribution in [3.63, 3.8) is 0 Å². The number of aliphatic hydroxyl groups excluding tert-OH is 2. The second-order valence-corrected chi connectivity index (χ2v) is 3.85. The molecule has 0 aliphatic rings. The van der Waals surface area contributed by atoms with Crippen molar-refractivity contribution in [2.75, 3.05) is 0 Å². The summed E-state index contributed by atoms with van der Waals surface area (Å²) < 4.78 is 0. The second-order valence-electron chi connectivity index (χ2n) is 3.85. The van der Waals surface area contributed by atoms with Crippen molar-refractivity contribution in [3.8, 4) is 0 Å². The van der Waals surface area contributed by atoms with Crippen molar-refractivity contribution in [3.05, 3.63) is 34.9 Å². The minimum atomic E-state index is -1.45. The highest BCUT2D eigenvalue weighted by Gasteiger charge is 2.15. The van der Waals surface area contributed by atoms with Gasteiger partial charge in [-0.3, -0.25) is 4.79 Å². The third-order valence-corrected chi connectivity index (χ3v) is 2.36. The molecule has 0 spiro atoms. The number of benzene rings is 1. The highest BCUT2D eigenvalue weighted by Crippen LogP contribution is 2.13. The molecule has 0 saturated heterocycles. The lowest BCUT2D eigenvalue weighted by molar-refractivity contribution is 0.0243. The Kier molecular flexibility index (Phi) is 4.38. The monoisotopic (exact) mass is 254 g/mol. The molecular formula is C11H14N2O5. The van der Waals surface area contributed by atoms with Crippen molar-refractivity contribution in [2.45, 2.75) is 18.8 Å². The summed E-state index contributed by atoms with van der Waals surface area (Å²) in [7, 11) is 0. The maximum atomic E-state index is 11.0. The standard InChI is InChI=1S/C11H14N2O5/c12-9(15)6-1-5(3-8(14)10(13)16)2-7(4-6)11(17)18/h1-2,4,8,10,14,16H,3,13H2,(H2,12,15)(H,17,18). The Morgan fingerprint density at radius 1 is 1.17 bits per heavy atom. The Bertz CT molecular complexity index is 440. The van der Waals surface area contributed by atoms with Gasteiger partial charge in [-0.15, -0.1) is 0 Å². The summed E-state index contributed by atoms with van der Waals surface area (Å²) in [6.45, 7) is 0. The molecule has 7 N–H and O–H groups in total. The normalized spacial score (nSPS) is 13.9. The molecule has 0 radical (unpaired) electrons. The number of carbonyl (C=O) groups is 2. The van der Waals surface area contributed by atoms with Crippen LogP contribution in [0.1, 0.15) is 26.3 Å². The van der Waals surface area contributed by atoms with Gasteiger partial charge >= 0.3 is 5.97 Å². The van der Waals surface area contributed by atoms with E-state index in [1.165, 1.54) is 12.1 Å². The van der Waals surface area contributed by atoms with E-state index in [2.05, 4.69) is 0 Å². The molecule has 1 rings (SSSR count). The molecule has 1 amide bonds. The van der Waals surface area contributed by atoms with Gasteiger partial charge in [-0.25, -0.2) is 4.79 Å². The van der Waals surface area contributed by atoms with Gasteiger partial charge in [0.05, 0.1) is 11.7 Å². The summed E-state index contributed by atoms with van der Waals surface area (Å²) in [5, 5.41) is 27.2. The molecule has 0 heterocycles. The zero-order valence-electron chi connectivity index (χ0n) is 9.41. The molecule has 98 valence electrons. The predicted octanol–water partition coefficient (Wildman–Crippen LogP) is -1.34. The van der Waals surface area contributed by atoms with Crippen LogP contribution in [0, 0.1) is 0 Å². The van der Waals surface area contributed by atoms with E-state index in [9.17, 15) is 14.7 Å². The van der Waals surface area contributed by atoms with Crippen LogP contribution in [-0.2, 0) is 6.42 Å². The quantitative estimate of drug-likeness (QED) is 0.411. The van der Waals surface area contributed by atoms with Crippen molar-refractivity contribution in [1.82, 2.24) is 0 Å². The lowest BCUT2D eigenvalue weighted by Gasteiger charge is -2.14. The van der Waals surface area contributed by atoms with Gasteiger partial charge in [-0.1, -0.05) is 0 Å². The fourth-order valence-corrected chi connectivity index (χ4v) is 1.44. The number of aliphatic hydroxyl groups is 2. The van der Waals surface area contributed by atoms with Crippen molar-refractivity contribution in [1.29, 1.82) is 0 Å². The third-order valence-electron chi connectivity index (χ3n) is 2.36. The van der Waals surface area contributed by atoms with Gasteiger partial charge in [0.1, 0.15) is 6.23 Å². The van der Waals surface area contributed by atoms with Gasteiger partial charge < -0.3 is 26.8 Å². The number of primary amides is 1. The molecule has 0 aliphatic heterocycles. The van der Waals surface area contributed by atoms with Crippen LogP contribution in [0.3, 0.4) is 0 Å². The zero-order valence-corrected chi connectivity index (χ0v) is 9.41. The Labute approximate surface area is 103 Å². The zero-order chi connectivity index (χ0) is 13.9. The van der Waals surface area contributed by atoms with E-state index in [4.69, 9.17) is 21.7 Å². The van der Waals surface area contributed by atoms with E-state index in [1.54, 1.807) is 0 Å². The summed E-state index contributed by atoms with van der Waals surface area (Å²) in [5.41, 5.74) is 10.4. The number of hydrogen-bond donors (Lipinski definition) is 5. The van der Waals surface area contributed by atoms with Crippen LogP contribution in [0.5, 0.6) is 0 Å². The van der Waals surface area contributed by atoms with Gasteiger partial charge in [-0.2, -0.15) is 0 Å². The van der Waals surface area contributed by atoms with Gasteiger partial charge in [0, 0.05) is 12.0 Å². The summed E-state index contributed by atoms with van der Waals surface area (Å²) in [6.07, 6.45) is -2.79. The van der Waals surface area contributed by atoms with E-state index in [1.807, 2.05) is 0 Å². The first kappa shape index (κ1) is 14.1. The average molecular weight is 254 g/mol. The fourth-order valence-electron chi connectivity index (χ4n) is 1.44. The van der Waals surface area contributed by atoms with Crippen LogP contribution >= 0.6 is 0 Å². The molecule has 0 aromatic heterocycles. The summed E-state index contributed by atoms with van der Waals surface area (Å²) >= 11 is 0. The van der Waals surface area contributed by atoms with E-state index in [0.717, 1.165) is 6.07 Å².